The van der Waals surface area contributed by atoms with E-state index in [2.05, 4.69) is 27.7 Å². The zero-order valence-electron chi connectivity index (χ0n) is 6.82. The first-order valence-electron chi connectivity index (χ1n) is 3.41. The van der Waals surface area contributed by atoms with Crippen LogP contribution in [0.3, 0.4) is 0 Å². The number of unbranched alkanes of at least 4 members (excludes halogenated alkanes) is 2. The van der Waals surface area contributed by atoms with Gasteiger partial charge in [0.2, 0.25) is 0 Å². The summed E-state index contributed by atoms with van der Waals surface area (Å²) in [6, 6.07) is 0. The van der Waals surface area contributed by atoms with E-state index in [1.54, 1.807) is 0 Å². The van der Waals surface area contributed by atoms with Crippen molar-refractivity contribution in [2.45, 2.75) is 173 Å². The van der Waals surface area contributed by atoms with Crippen molar-refractivity contribution in [2.24, 2.45) is 0 Å². The van der Waals surface area contributed by atoms with E-state index >= 15 is 0 Å². The molecular formula is C26H90Y-2. The third-order valence-electron chi connectivity index (χ3n) is 0.707. The van der Waals surface area contributed by atoms with Crippen LogP contribution in [0.25, 0.3) is 0 Å². The quantitative estimate of drug-likeness (QED) is 0.337. The maximum absolute atomic E-state index is 3.60. The Labute approximate surface area is 218 Å². The fourth-order valence-electron chi connectivity index (χ4n) is 0. The molecule has 1 heteroatoms. The van der Waals surface area contributed by atoms with Crippen LogP contribution in [0.4, 0.5) is 0 Å². The van der Waals surface area contributed by atoms with Crippen molar-refractivity contribution in [2.75, 3.05) is 0 Å². The van der Waals surface area contributed by atoms with Gasteiger partial charge in [0.15, 0.2) is 0 Å². The third kappa shape index (κ3) is 1770. The zero-order chi connectivity index (χ0) is 6.83. The summed E-state index contributed by atoms with van der Waals surface area (Å²) in [5.74, 6) is 0. The SMILES string of the molecule is C.C.C.C.C.C.C.C.C.C.C.C.C.C.C.C.C.C.[CH2-]CCC.[CH2-]CCC.[Y]. The number of hydrogen-bond donors (Lipinski definition) is 0. The van der Waals surface area contributed by atoms with Gasteiger partial charge >= 0.3 is 0 Å². The Balaban J connectivity index is -0.000000000824. The molecule has 0 spiro atoms. The van der Waals surface area contributed by atoms with E-state index in [4.69, 9.17) is 0 Å². The summed E-state index contributed by atoms with van der Waals surface area (Å²) in [7, 11) is 0. The van der Waals surface area contributed by atoms with E-state index in [0.29, 0.717) is 0 Å². The van der Waals surface area contributed by atoms with Crippen LogP contribution in [0.2, 0.25) is 0 Å². The van der Waals surface area contributed by atoms with Crippen molar-refractivity contribution in [3.8, 4) is 0 Å². The van der Waals surface area contributed by atoms with Gasteiger partial charge < -0.3 is 13.8 Å². The van der Waals surface area contributed by atoms with Crippen LogP contribution >= 0.6 is 0 Å². The first-order valence-corrected chi connectivity index (χ1v) is 3.41. The maximum Gasteiger partial charge on any atom is 0 e. The van der Waals surface area contributed by atoms with Gasteiger partial charge in [-0.3, -0.25) is 0 Å². The molecule has 0 bridgehead atoms. The van der Waals surface area contributed by atoms with Gasteiger partial charge in [0.05, 0.1) is 0 Å². The molecule has 0 rings (SSSR count). The van der Waals surface area contributed by atoms with E-state index < -0.39 is 0 Å². The first kappa shape index (κ1) is 409. The van der Waals surface area contributed by atoms with E-state index in [9.17, 15) is 0 Å². The third-order valence-corrected chi connectivity index (χ3v) is 0.707. The molecule has 0 aliphatic rings. The van der Waals surface area contributed by atoms with Gasteiger partial charge in [-0.1, -0.05) is 160 Å². The van der Waals surface area contributed by atoms with Crippen LogP contribution in [0.5, 0.6) is 0 Å². The van der Waals surface area contributed by atoms with Crippen molar-refractivity contribution in [1.82, 2.24) is 0 Å². The van der Waals surface area contributed by atoms with E-state index in [0.717, 1.165) is 12.8 Å². The van der Waals surface area contributed by atoms with E-state index in [1.807, 2.05) is 0 Å². The summed E-state index contributed by atoms with van der Waals surface area (Å²) in [4.78, 5) is 0. The summed E-state index contributed by atoms with van der Waals surface area (Å²) >= 11 is 0. The average Bonchev–Trinajstić information content (AvgIpc) is 1.88. The predicted octanol–water partition coefficient (Wildman–Crippen LogP) is 14.7. The van der Waals surface area contributed by atoms with Gasteiger partial charge in [-0.2, -0.15) is 12.8 Å². The zero-order valence-corrected chi connectivity index (χ0v) is 9.66. The second kappa shape index (κ2) is 709. The Morgan fingerprint density at radius 1 is 0.333 bits per heavy atom. The monoisotopic (exact) mass is 492 g/mol. The second-order valence-electron chi connectivity index (χ2n) is 1.71. The van der Waals surface area contributed by atoms with Crippen molar-refractivity contribution in [3.05, 3.63) is 13.8 Å². The largest absolute Gasteiger partial charge is 0.343 e. The van der Waals surface area contributed by atoms with E-state index in [1.165, 1.54) is 12.8 Å². The molecule has 27 heavy (non-hydrogen) atoms. The average molecular weight is 492 g/mol. The van der Waals surface area contributed by atoms with Gasteiger partial charge in [-0.15, -0.1) is 0 Å². The molecule has 199 valence electrons. The fraction of sp³-hybridized carbons (Fsp3) is 0.923. The standard InChI is InChI=1S/2C4H9.18CH4.Y/c2*1-3-4-2;;;;;;;;;;;;;;;;;;;/h2*1,3-4H2,2H3;18*1H4;/q2*-1;;;;;;;;;;;;;;;;;;;. The normalized spacial score (nSPS) is 2.22. The van der Waals surface area contributed by atoms with Gasteiger partial charge in [-0.25, -0.2) is 0 Å². The molecule has 0 aromatic heterocycles. The van der Waals surface area contributed by atoms with Crippen LogP contribution in [0, 0.1) is 13.8 Å². The van der Waals surface area contributed by atoms with Crippen LogP contribution in [-0.4, -0.2) is 0 Å². The molecule has 0 unspecified atom stereocenters. The maximum atomic E-state index is 3.60. The van der Waals surface area contributed by atoms with Gasteiger partial charge in [0, 0.05) is 32.7 Å². The minimum Gasteiger partial charge on any atom is -0.343 e. The molecule has 0 aliphatic heterocycles. The molecular weight excluding hydrogens is 401 g/mol. The molecule has 0 fully saturated rings. The van der Waals surface area contributed by atoms with Crippen molar-refractivity contribution < 1.29 is 32.7 Å². The molecule has 0 aromatic rings. The Hall–Kier alpha value is 1.10. The molecule has 0 saturated heterocycles. The van der Waals surface area contributed by atoms with Crippen molar-refractivity contribution >= 4 is 0 Å². The van der Waals surface area contributed by atoms with Gasteiger partial charge in [-0.05, 0) is 0 Å². The second-order valence-corrected chi connectivity index (χ2v) is 1.71. The summed E-state index contributed by atoms with van der Waals surface area (Å²) in [5, 5.41) is 0. The van der Waals surface area contributed by atoms with E-state index in [-0.39, 0.29) is 166 Å². The van der Waals surface area contributed by atoms with Crippen LogP contribution in [-0.2, 0) is 32.7 Å². The number of rotatable bonds is 2. The van der Waals surface area contributed by atoms with Crippen LogP contribution in [0.1, 0.15) is 173 Å². The molecule has 0 heterocycles. The molecule has 0 nitrogen and oxygen atoms in total. The molecule has 0 amide bonds. The minimum absolute atomic E-state index is 0. The summed E-state index contributed by atoms with van der Waals surface area (Å²) in [5.41, 5.74) is 0. The Morgan fingerprint density at radius 2 is 0.370 bits per heavy atom. The molecule has 0 aliphatic carbocycles. The summed E-state index contributed by atoms with van der Waals surface area (Å²) in [6.07, 6.45) is 4.56. The molecule has 0 aromatic carbocycles. The predicted molar refractivity (Wildman–Crippen MR) is 162 cm³/mol. The topological polar surface area (TPSA) is 0 Å². The van der Waals surface area contributed by atoms with Crippen molar-refractivity contribution in [1.29, 1.82) is 0 Å². The summed E-state index contributed by atoms with van der Waals surface area (Å²) < 4.78 is 0. The molecule has 1 radical (unpaired) electrons. The fourth-order valence-corrected chi connectivity index (χ4v) is 0. The smallest absolute Gasteiger partial charge is 0 e. The Morgan fingerprint density at radius 3 is 0.370 bits per heavy atom. The first-order chi connectivity index (χ1) is 3.83. The van der Waals surface area contributed by atoms with Gasteiger partial charge in [0.25, 0.3) is 0 Å². The van der Waals surface area contributed by atoms with Gasteiger partial charge in [0.1, 0.15) is 0 Å². The summed E-state index contributed by atoms with van der Waals surface area (Å²) in [6.45, 7) is 11.4. The van der Waals surface area contributed by atoms with Crippen LogP contribution in [0.15, 0.2) is 0 Å². The van der Waals surface area contributed by atoms with Crippen molar-refractivity contribution in [3.63, 3.8) is 0 Å². The molecule has 0 N–H and O–H groups in total. The minimum atomic E-state index is 0. The van der Waals surface area contributed by atoms with Crippen LogP contribution < -0.4 is 0 Å². The molecule has 0 saturated carbocycles. The molecule has 0 atom stereocenters. The Kier molecular flexibility index (Phi) is 10700. The Bertz CT molecular complexity index is 14.2. The number of hydrogen-bond acceptors (Lipinski definition) is 0.